The predicted molar refractivity (Wildman–Crippen MR) is 87.0 cm³/mol. The molecule has 0 aliphatic heterocycles. The van der Waals surface area contributed by atoms with E-state index in [9.17, 15) is 12.8 Å². The second-order valence-corrected chi connectivity index (χ2v) is 7.71. The Morgan fingerprint density at radius 3 is 2.62 bits per heavy atom. The monoisotopic (exact) mass is 381 g/mol. The fourth-order valence-electron chi connectivity index (χ4n) is 1.60. The zero-order valence-corrected chi connectivity index (χ0v) is 14.8. The second-order valence-electron chi connectivity index (χ2n) is 5.02. The molecule has 0 amide bonds. The Hall–Kier alpha value is -0.700. The number of benzene rings is 1. The fourth-order valence-corrected chi connectivity index (χ4v) is 2.90. The highest BCUT2D eigenvalue weighted by Gasteiger charge is 2.18. The van der Waals surface area contributed by atoms with Gasteiger partial charge in [0.25, 0.3) is 0 Å². The van der Waals surface area contributed by atoms with E-state index in [1.165, 1.54) is 23.5 Å². The Bertz CT molecular complexity index is 567. The maximum atomic E-state index is 13.7. The first-order valence-electron chi connectivity index (χ1n) is 6.65. The van der Waals surface area contributed by atoms with Crippen LogP contribution in [0.4, 0.5) is 10.1 Å². The van der Waals surface area contributed by atoms with Crippen LogP contribution in [-0.4, -0.2) is 38.9 Å². The highest BCUT2D eigenvalue weighted by Crippen LogP contribution is 2.20. The smallest absolute Gasteiger partial charge is 0.301 e. The van der Waals surface area contributed by atoms with E-state index in [1.807, 2.05) is 13.8 Å². The molecular weight excluding hydrogens is 361 g/mol. The number of hydrogen-bond donors (Lipinski definition) is 2. The van der Waals surface area contributed by atoms with Crippen molar-refractivity contribution in [3.63, 3.8) is 0 Å². The van der Waals surface area contributed by atoms with E-state index >= 15 is 0 Å². The van der Waals surface area contributed by atoms with Crippen molar-refractivity contribution in [2.24, 2.45) is 0 Å². The van der Waals surface area contributed by atoms with Crippen LogP contribution in [0.5, 0.6) is 0 Å². The van der Waals surface area contributed by atoms with Gasteiger partial charge >= 0.3 is 10.2 Å². The molecule has 5 nitrogen and oxygen atoms in total. The Balaban J connectivity index is 2.59. The Labute approximate surface area is 134 Å². The topological polar surface area (TPSA) is 61.4 Å². The Morgan fingerprint density at radius 1 is 1.38 bits per heavy atom. The molecule has 8 heteroatoms. The van der Waals surface area contributed by atoms with Crippen molar-refractivity contribution in [1.82, 2.24) is 9.62 Å². The van der Waals surface area contributed by atoms with Crippen LogP contribution >= 0.6 is 15.9 Å². The molecule has 1 aromatic carbocycles. The molecule has 0 saturated heterocycles. The van der Waals surface area contributed by atoms with Crippen LogP contribution in [0.2, 0.25) is 0 Å². The first-order valence-corrected chi connectivity index (χ1v) is 8.88. The van der Waals surface area contributed by atoms with Crippen molar-refractivity contribution in [2.75, 3.05) is 24.9 Å². The van der Waals surface area contributed by atoms with Gasteiger partial charge in [0.1, 0.15) is 5.82 Å². The summed E-state index contributed by atoms with van der Waals surface area (Å²) in [6, 6.07) is 4.53. The lowest BCUT2D eigenvalue weighted by Gasteiger charge is -2.19. The number of hydrogen-bond acceptors (Lipinski definition) is 3. The second kappa shape index (κ2) is 8.07. The van der Waals surface area contributed by atoms with Gasteiger partial charge in [0.15, 0.2) is 0 Å². The lowest BCUT2D eigenvalue weighted by molar-refractivity contribution is 0.451. The summed E-state index contributed by atoms with van der Waals surface area (Å²) in [4.78, 5) is 0. The zero-order valence-electron chi connectivity index (χ0n) is 12.4. The normalized spacial score (nSPS) is 12.1. The van der Waals surface area contributed by atoms with E-state index in [4.69, 9.17) is 0 Å². The van der Waals surface area contributed by atoms with Crippen molar-refractivity contribution < 1.29 is 12.8 Å². The van der Waals surface area contributed by atoms with Gasteiger partial charge in [-0.25, -0.2) is 4.39 Å². The summed E-state index contributed by atoms with van der Waals surface area (Å²) in [5, 5.41) is 3.21. The van der Waals surface area contributed by atoms with Gasteiger partial charge in [-0.2, -0.15) is 12.7 Å². The minimum absolute atomic E-state index is 0.0645. The number of nitrogens with zero attached hydrogens (tertiary/aromatic N) is 1. The fraction of sp³-hybridized carbons (Fsp3) is 0.538. The summed E-state index contributed by atoms with van der Waals surface area (Å²) >= 11 is 3.12. The first-order chi connectivity index (χ1) is 9.72. The molecule has 0 saturated carbocycles. The summed E-state index contributed by atoms with van der Waals surface area (Å²) in [7, 11) is -2.28. The van der Waals surface area contributed by atoms with Crippen LogP contribution in [0, 0.1) is 5.82 Å². The summed E-state index contributed by atoms with van der Waals surface area (Å²) in [5.74, 6) is -0.622. The average Bonchev–Trinajstić information content (AvgIpc) is 2.37. The summed E-state index contributed by atoms with van der Waals surface area (Å²) in [6.45, 7) is 5.13. The van der Waals surface area contributed by atoms with Gasteiger partial charge in [-0.1, -0.05) is 29.8 Å². The van der Waals surface area contributed by atoms with Crippen LogP contribution < -0.4 is 10.0 Å². The third-order valence-corrected chi connectivity index (χ3v) is 4.76. The minimum atomic E-state index is -3.75. The number of rotatable bonds is 8. The van der Waals surface area contributed by atoms with Crippen molar-refractivity contribution >= 4 is 31.8 Å². The molecule has 1 aromatic rings. The minimum Gasteiger partial charge on any atom is -0.314 e. The quantitative estimate of drug-likeness (QED) is 0.680. The molecule has 0 unspecified atom stereocenters. The largest absolute Gasteiger partial charge is 0.314 e. The first kappa shape index (κ1) is 18.3. The van der Waals surface area contributed by atoms with Gasteiger partial charge in [-0.3, -0.25) is 4.72 Å². The molecule has 120 valence electrons. The van der Waals surface area contributed by atoms with Crippen LogP contribution in [0.1, 0.15) is 20.3 Å². The molecule has 0 aromatic heterocycles. The van der Waals surface area contributed by atoms with E-state index in [1.54, 1.807) is 6.07 Å². The summed E-state index contributed by atoms with van der Waals surface area (Å²) in [6.07, 6.45) is 0.679. The molecule has 0 bridgehead atoms. The van der Waals surface area contributed by atoms with Gasteiger partial charge in [0, 0.05) is 24.1 Å². The lowest BCUT2D eigenvalue weighted by Crippen LogP contribution is -2.35. The third-order valence-electron chi connectivity index (χ3n) is 2.78. The summed E-state index contributed by atoms with van der Waals surface area (Å²) in [5.41, 5.74) is -0.0645. The Kier molecular flexibility index (Phi) is 7.05. The molecule has 0 heterocycles. The number of nitrogens with one attached hydrogen (secondary N) is 2. The average molecular weight is 382 g/mol. The predicted octanol–water partition coefficient (Wildman–Crippen LogP) is 2.56. The molecule has 0 aliphatic carbocycles. The molecule has 0 aliphatic rings. The van der Waals surface area contributed by atoms with Gasteiger partial charge in [-0.15, -0.1) is 0 Å². The van der Waals surface area contributed by atoms with Crippen LogP contribution in [0.25, 0.3) is 0 Å². The SMILES string of the molecule is CC(C)NCCCN(C)S(=O)(=O)Nc1ccc(Br)cc1F. The molecular formula is C13H21BrFN3O2S. The number of halogens is 2. The van der Waals surface area contributed by atoms with E-state index in [0.717, 1.165) is 6.54 Å². The molecule has 0 spiro atoms. The Morgan fingerprint density at radius 2 is 2.05 bits per heavy atom. The standard InChI is InChI=1S/C13H21BrFN3O2S/c1-10(2)16-7-4-8-18(3)21(19,20)17-13-6-5-11(14)9-12(13)15/h5-6,9-10,16-17H,4,7-8H2,1-3H3. The molecule has 1 rings (SSSR count). The highest BCUT2D eigenvalue weighted by molar-refractivity contribution is 9.10. The van der Waals surface area contributed by atoms with Crippen molar-refractivity contribution in [3.05, 3.63) is 28.5 Å². The molecule has 2 N–H and O–H groups in total. The molecule has 0 fully saturated rings. The molecule has 0 radical (unpaired) electrons. The van der Waals surface area contributed by atoms with Gasteiger partial charge in [-0.05, 0) is 31.2 Å². The molecule has 0 atom stereocenters. The van der Waals surface area contributed by atoms with E-state index in [0.29, 0.717) is 23.5 Å². The van der Waals surface area contributed by atoms with E-state index in [-0.39, 0.29) is 5.69 Å². The maximum absolute atomic E-state index is 13.7. The van der Waals surface area contributed by atoms with E-state index in [2.05, 4.69) is 26.0 Å². The maximum Gasteiger partial charge on any atom is 0.301 e. The summed E-state index contributed by atoms with van der Waals surface area (Å²) < 4.78 is 41.8. The van der Waals surface area contributed by atoms with Crippen molar-refractivity contribution in [2.45, 2.75) is 26.3 Å². The van der Waals surface area contributed by atoms with Crippen LogP contribution in [0.15, 0.2) is 22.7 Å². The van der Waals surface area contributed by atoms with Crippen LogP contribution in [0.3, 0.4) is 0 Å². The van der Waals surface area contributed by atoms with Gasteiger partial charge < -0.3 is 5.32 Å². The van der Waals surface area contributed by atoms with Crippen molar-refractivity contribution in [1.29, 1.82) is 0 Å². The molecule has 21 heavy (non-hydrogen) atoms. The van der Waals surface area contributed by atoms with E-state index < -0.39 is 16.0 Å². The van der Waals surface area contributed by atoms with Gasteiger partial charge in [0.2, 0.25) is 0 Å². The lowest BCUT2D eigenvalue weighted by atomic mass is 10.3. The van der Waals surface area contributed by atoms with Gasteiger partial charge in [0.05, 0.1) is 5.69 Å². The van der Waals surface area contributed by atoms with Crippen molar-refractivity contribution in [3.8, 4) is 0 Å². The highest BCUT2D eigenvalue weighted by atomic mass is 79.9. The zero-order chi connectivity index (χ0) is 16.0. The number of anilines is 1. The third kappa shape index (κ3) is 6.29. The van der Waals surface area contributed by atoms with Crippen LogP contribution in [-0.2, 0) is 10.2 Å².